The van der Waals surface area contributed by atoms with Crippen molar-refractivity contribution in [2.24, 2.45) is 5.92 Å². The first-order chi connectivity index (χ1) is 14.3. The molecule has 1 aliphatic heterocycles. The highest BCUT2D eigenvalue weighted by atomic mass is 19.4. The molecular weight excluding hydrogens is 395 g/mol. The molecule has 0 radical (unpaired) electrons. The Bertz CT molecular complexity index is 879. The maximum absolute atomic E-state index is 13.1. The van der Waals surface area contributed by atoms with E-state index < -0.39 is 23.7 Å². The van der Waals surface area contributed by atoms with Crippen LogP contribution < -0.4 is 10.6 Å². The third-order valence-corrected chi connectivity index (χ3v) is 5.36. The Morgan fingerprint density at radius 3 is 2.20 bits per heavy atom. The zero-order chi connectivity index (χ0) is 21.7. The Kier molecular flexibility index (Phi) is 6.77. The van der Waals surface area contributed by atoms with E-state index in [9.17, 15) is 22.8 Å². The van der Waals surface area contributed by atoms with E-state index in [-0.39, 0.29) is 17.5 Å². The van der Waals surface area contributed by atoms with E-state index >= 15 is 0 Å². The minimum absolute atomic E-state index is 0.0583. The van der Waals surface area contributed by atoms with Gasteiger partial charge in [-0.25, -0.2) is 0 Å². The molecule has 1 unspecified atom stereocenters. The van der Waals surface area contributed by atoms with Crippen molar-refractivity contribution in [3.05, 3.63) is 60.2 Å². The third-order valence-electron chi connectivity index (χ3n) is 5.36. The van der Waals surface area contributed by atoms with Gasteiger partial charge in [-0.2, -0.15) is 13.2 Å². The van der Waals surface area contributed by atoms with Gasteiger partial charge in [-0.15, -0.1) is 0 Å². The Balaban J connectivity index is 1.54. The lowest BCUT2D eigenvalue weighted by Gasteiger charge is -2.34. The Morgan fingerprint density at radius 2 is 1.57 bits per heavy atom. The van der Waals surface area contributed by atoms with Crippen LogP contribution in [0.15, 0.2) is 54.6 Å². The van der Waals surface area contributed by atoms with Crippen LogP contribution in [0.4, 0.5) is 24.5 Å². The molecule has 1 heterocycles. The fraction of sp³-hybridized carbons (Fsp3) is 0.364. The average molecular weight is 419 g/mol. The molecule has 1 fully saturated rings. The van der Waals surface area contributed by atoms with Crippen LogP contribution in [0.1, 0.15) is 25.3 Å². The number of rotatable bonds is 5. The fourth-order valence-corrected chi connectivity index (χ4v) is 3.56. The molecule has 0 aromatic heterocycles. The van der Waals surface area contributed by atoms with Gasteiger partial charge >= 0.3 is 6.18 Å². The number of hydrogen-bond acceptors (Lipinski definition) is 3. The number of carbonyl (C=O) groups excluding carboxylic acids is 2. The zero-order valence-corrected chi connectivity index (χ0v) is 16.6. The van der Waals surface area contributed by atoms with Crippen molar-refractivity contribution < 1.29 is 22.8 Å². The molecule has 8 heteroatoms. The number of alkyl halides is 3. The highest BCUT2D eigenvalue weighted by molar-refractivity contribution is 5.95. The van der Waals surface area contributed by atoms with Crippen LogP contribution in [-0.4, -0.2) is 35.8 Å². The van der Waals surface area contributed by atoms with Crippen molar-refractivity contribution >= 4 is 23.2 Å². The van der Waals surface area contributed by atoms with Crippen LogP contribution in [0.25, 0.3) is 0 Å². The van der Waals surface area contributed by atoms with Crippen LogP contribution >= 0.6 is 0 Å². The molecule has 2 amide bonds. The number of anilines is 2. The largest absolute Gasteiger partial charge is 0.418 e. The molecule has 1 atom stereocenters. The summed E-state index contributed by atoms with van der Waals surface area (Å²) in [5.74, 6) is -0.724. The predicted octanol–water partition coefficient (Wildman–Crippen LogP) is 4.38. The molecule has 2 aromatic carbocycles. The number of nitrogens with zero attached hydrogens (tertiary/aromatic N) is 1. The van der Waals surface area contributed by atoms with Gasteiger partial charge in [0.1, 0.15) is 0 Å². The normalized spacial score (nSPS) is 16.7. The second-order valence-electron chi connectivity index (χ2n) is 7.37. The van der Waals surface area contributed by atoms with Gasteiger partial charge in [0.25, 0.3) is 0 Å². The summed E-state index contributed by atoms with van der Waals surface area (Å²) in [4.78, 5) is 26.9. The highest BCUT2D eigenvalue weighted by Gasteiger charge is 2.35. The molecular formula is C22H24F3N3O2. The number of halogens is 3. The zero-order valence-electron chi connectivity index (χ0n) is 16.6. The molecule has 3 rings (SSSR count). The predicted molar refractivity (Wildman–Crippen MR) is 109 cm³/mol. The van der Waals surface area contributed by atoms with Crippen molar-refractivity contribution in [2.45, 2.75) is 32.0 Å². The summed E-state index contributed by atoms with van der Waals surface area (Å²) in [5.41, 5.74) is -0.387. The second-order valence-corrected chi connectivity index (χ2v) is 7.37. The van der Waals surface area contributed by atoms with E-state index in [0.29, 0.717) is 25.9 Å². The first-order valence-corrected chi connectivity index (χ1v) is 9.83. The van der Waals surface area contributed by atoms with Crippen LogP contribution in [0.3, 0.4) is 0 Å². The molecule has 30 heavy (non-hydrogen) atoms. The summed E-state index contributed by atoms with van der Waals surface area (Å²) in [5, 5.41) is 5.29. The van der Waals surface area contributed by atoms with Crippen molar-refractivity contribution in [2.75, 3.05) is 23.7 Å². The van der Waals surface area contributed by atoms with E-state index in [1.807, 2.05) is 35.2 Å². The molecule has 0 spiro atoms. The molecule has 1 aliphatic rings. The average Bonchev–Trinajstić information content (AvgIpc) is 2.73. The topological polar surface area (TPSA) is 61.4 Å². The molecule has 2 N–H and O–H groups in total. The number of likely N-dealkylation sites (tertiary alicyclic amines) is 1. The van der Waals surface area contributed by atoms with E-state index in [0.717, 1.165) is 11.8 Å². The molecule has 0 aliphatic carbocycles. The lowest BCUT2D eigenvalue weighted by atomic mass is 9.94. The first kappa shape index (κ1) is 21.8. The van der Waals surface area contributed by atoms with Crippen molar-refractivity contribution in [3.63, 3.8) is 0 Å². The van der Waals surface area contributed by atoms with Gasteiger partial charge in [0.2, 0.25) is 11.8 Å². The summed E-state index contributed by atoms with van der Waals surface area (Å²) < 4.78 is 39.4. The minimum Gasteiger partial charge on any atom is -0.326 e. The summed E-state index contributed by atoms with van der Waals surface area (Å²) in [6.07, 6.45) is -3.39. The first-order valence-electron chi connectivity index (χ1n) is 9.83. The number of carbonyl (C=O) groups is 2. The Morgan fingerprint density at radius 1 is 0.967 bits per heavy atom. The minimum atomic E-state index is -4.54. The molecule has 1 saturated heterocycles. The van der Waals surface area contributed by atoms with Crippen molar-refractivity contribution in [1.29, 1.82) is 0 Å². The molecule has 2 aromatic rings. The van der Waals surface area contributed by atoms with Crippen molar-refractivity contribution in [3.8, 4) is 0 Å². The maximum atomic E-state index is 13.1. The van der Waals surface area contributed by atoms with Crippen LogP contribution in [0.5, 0.6) is 0 Å². The van der Waals surface area contributed by atoms with E-state index in [1.54, 1.807) is 6.92 Å². The SMILES string of the molecule is CC(C(=O)Nc1ccccc1C(F)(F)F)N1CCC(C(=O)Nc2ccccc2)CC1. The van der Waals surface area contributed by atoms with Gasteiger partial charge in [0.15, 0.2) is 0 Å². The summed E-state index contributed by atoms with van der Waals surface area (Å²) >= 11 is 0. The molecule has 0 bridgehead atoms. The number of nitrogens with one attached hydrogen (secondary N) is 2. The monoisotopic (exact) mass is 419 g/mol. The number of amides is 2. The molecule has 5 nitrogen and oxygen atoms in total. The van der Waals surface area contributed by atoms with Crippen LogP contribution in [-0.2, 0) is 15.8 Å². The van der Waals surface area contributed by atoms with E-state index in [1.165, 1.54) is 18.2 Å². The van der Waals surface area contributed by atoms with Gasteiger partial charge in [0, 0.05) is 11.6 Å². The molecule has 0 saturated carbocycles. The Labute approximate surface area is 173 Å². The van der Waals surface area contributed by atoms with Gasteiger partial charge in [-0.3, -0.25) is 14.5 Å². The van der Waals surface area contributed by atoms with E-state index in [4.69, 9.17) is 0 Å². The van der Waals surface area contributed by atoms with E-state index in [2.05, 4.69) is 10.6 Å². The van der Waals surface area contributed by atoms with Crippen LogP contribution in [0.2, 0.25) is 0 Å². The third kappa shape index (κ3) is 5.38. The standard InChI is InChI=1S/C22H24F3N3O2/c1-15(20(29)27-19-10-6-5-9-18(19)22(23,24)25)28-13-11-16(12-14-28)21(30)26-17-7-3-2-4-8-17/h2-10,15-16H,11-14H2,1H3,(H,26,30)(H,27,29). The van der Waals surface area contributed by atoms with Crippen LogP contribution in [0, 0.1) is 5.92 Å². The smallest absolute Gasteiger partial charge is 0.326 e. The number of piperidine rings is 1. The lowest BCUT2D eigenvalue weighted by molar-refractivity contribution is -0.137. The number of para-hydroxylation sites is 2. The summed E-state index contributed by atoms with van der Waals surface area (Å²) in [6, 6.07) is 13.5. The maximum Gasteiger partial charge on any atom is 0.418 e. The molecule has 160 valence electrons. The van der Waals surface area contributed by atoms with Crippen molar-refractivity contribution in [1.82, 2.24) is 4.90 Å². The number of benzene rings is 2. The summed E-state index contributed by atoms with van der Waals surface area (Å²) in [7, 11) is 0. The highest BCUT2D eigenvalue weighted by Crippen LogP contribution is 2.34. The van der Waals surface area contributed by atoms with Gasteiger partial charge in [-0.05, 0) is 57.1 Å². The quantitative estimate of drug-likeness (QED) is 0.756. The van der Waals surface area contributed by atoms with Gasteiger partial charge in [-0.1, -0.05) is 30.3 Å². The lowest BCUT2D eigenvalue weighted by Crippen LogP contribution is -2.47. The van der Waals surface area contributed by atoms with Gasteiger partial charge < -0.3 is 10.6 Å². The number of hydrogen-bond donors (Lipinski definition) is 2. The Hall–Kier alpha value is -2.87. The fourth-order valence-electron chi connectivity index (χ4n) is 3.56. The summed E-state index contributed by atoms with van der Waals surface area (Å²) in [6.45, 7) is 2.70. The second kappa shape index (κ2) is 9.30. The van der Waals surface area contributed by atoms with Gasteiger partial charge in [0.05, 0.1) is 17.3 Å².